The molecule has 2 nitrogen and oxygen atoms in total. The molecule has 0 bridgehead atoms. The van der Waals surface area contributed by atoms with Crippen LogP contribution in [0, 0.1) is 0 Å². The quantitative estimate of drug-likeness (QED) is 0.462. The maximum Gasteiger partial charge on any atom is 0.185 e. The Morgan fingerprint density at radius 3 is 2.22 bits per heavy atom. The van der Waals surface area contributed by atoms with E-state index in [1.165, 1.54) is 38.5 Å². The van der Waals surface area contributed by atoms with Crippen molar-refractivity contribution in [2.24, 2.45) is 0 Å². The van der Waals surface area contributed by atoms with Gasteiger partial charge in [0, 0.05) is 6.54 Å². The second-order valence-electron chi connectivity index (χ2n) is 5.72. The van der Waals surface area contributed by atoms with E-state index in [1.807, 2.05) is 0 Å². The number of hydrogen-bond donors (Lipinski definition) is 1. The Labute approximate surface area is 112 Å². The van der Waals surface area contributed by atoms with Gasteiger partial charge in [-0.25, -0.2) is 4.39 Å². The van der Waals surface area contributed by atoms with Gasteiger partial charge >= 0.3 is 0 Å². The molecule has 1 N–H and O–H groups in total. The number of alkyl halides is 1. The molecule has 0 radical (unpaired) electrons. The number of halogens is 1. The highest BCUT2D eigenvalue weighted by atomic mass is 19.1. The molecule has 0 aliphatic carbocycles. The highest BCUT2D eigenvalue weighted by Gasteiger charge is 2.37. The second-order valence-corrected chi connectivity index (χ2v) is 5.72. The normalized spacial score (nSPS) is 25.5. The minimum atomic E-state index is -1.43. The molecular formula is C15H30FNO. The van der Waals surface area contributed by atoms with Gasteiger partial charge in [-0.3, -0.25) is 0 Å². The van der Waals surface area contributed by atoms with Crippen molar-refractivity contribution in [3.8, 4) is 0 Å². The molecule has 1 heterocycles. The lowest BCUT2D eigenvalue weighted by atomic mass is 9.95. The summed E-state index contributed by atoms with van der Waals surface area (Å²) < 4.78 is 14.3. The summed E-state index contributed by atoms with van der Waals surface area (Å²) in [6, 6.07) is 0. The fourth-order valence-corrected chi connectivity index (χ4v) is 2.77. The molecule has 1 aliphatic heterocycles. The van der Waals surface area contributed by atoms with E-state index in [1.54, 1.807) is 0 Å². The first-order chi connectivity index (χ1) is 8.69. The van der Waals surface area contributed by atoms with Crippen LogP contribution in [0.15, 0.2) is 0 Å². The average Bonchev–Trinajstić information content (AvgIpc) is 2.37. The van der Waals surface area contributed by atoms with Crippen LogP contribution < -0.4 is 0 Å². The van der Waals surface area contributed by atoms with Gasteiger partial charge in [0.25, 0.3) is 0 Å². The number of rotatable bonds is 9. The molecule has 0 aromatic carbocycles. The van der Waals surface area contributed by atoms with Crippen LogP contribution in [0.3, 0.4) is 0 Å². The topological polar surface area (TPSA) is 23.5 Å². The molecule has 0 aromatic heterocycles. The zero-order valence-electron chi connectivity index (χ0n) is 12.0. The summed E-state index contributed by atoms with van der Waals surface area (Å²) in [6.45, 7) is 2.72. The Hall–Kier alpha value is -0.150. The summed E-state index contributed by atoms with van der Waals surface area (Å²) in [7, 11) is 0. The SMILES string of the molecule is CCCCCCCCCCC1(F)CCCCN1O. The number of nitrogens with zero attached hydrogens (tertiary/aromatic N) is 1. The van der Waals surface area contributed by atoms with Gasteiger partial charge in [0.2, 0.25) is 0 Å². The molecule has 1 unspecified atom stereocenters. The number of piperidine rings is 1. The van der Waals surface area contributed by atoms with E-state index in [-0.39, 0.29) is 0 Å². The molecule has 1 rings (SSSR count). The molecule has 18 heavy (non-hydrogen) atoms. The summed E-state index contributed by atoms with van der Waals surface area (Å²) >= 11 is 0. The van der Waals surface area contributed by atoms with Gasteiger partial charge in [0.15, 0.2) is 5.79 Å². The lowest BCUT2D eigenvalue weighted by Crippen LogP contribution is -2.46. The van der Waals surface area contributed by atoms with Crippen molar-refractivity contribution >= 4 is 0 Å². The van der Waals surface area contributed by atoms with E-state index in [4.69, 9.17) is 0 Å². The fourth-order valence-electron chi connectivity index (χ4n) is 2.77. The van der Waals surface area contributed by atoms with E-state index >= 15 is 0 Å². The molecule has 3 heteroatoms. The van der Waals surface area contributed by atoms with Crippen molar-refractivity contribution < 1.29 is 9.60 Å². The van der Waals surface area contributed by atoms with Gasteiger partial charge in [-0.2, -0.15) is 5.06 Å². The lowest BCUT2D eigenvalue weighted by molar-refractivity contribution is -0.246. The molecule has 0 amide bonds. The third kappa shape index (κ3) is 5.66. The van der Waals surface area contributed by atoms with Crippen molar-refractivity contribution in [1.29, 1.82) is 0 Å². The summed E-state index contributed by atoms with van der Waals surface area (Å²) in [5.41, 5.74) is 0. The molecule has 108 valence electrons. The van der Waals surface area contributed by atoms with E-state index in [0.717, 1.165) is 30.7 Å². The molecule has 0 aromatic rings. The van der Waals surface area contributed by atoms with Crippen molar-refractivity contribution in [2.45, 2.75) is 89.8 Å². The third-order valence-electron chi connectivity index (χ3n) is 4.06. The Morgan fingerprint density at radius 2 is 1.61 bits per heavy atom. The van der Waals surface area contributed by atoms with Crippen LogP contribution in [0.2, 0.25) is 0 Å². The first-order valence-corrected chi connectivity index (χ1v) is 7.84. The van der Waals surface area contributed by atoms with Crippen molar-refractivity contribution in [3.63, 3.8) is 0 Å². The highest BCUT2D eigenvalue weighted by molar-refractivity contribution is 4.79. The van der Waals surface area contributed by atoms with Gasteiger partial charge in [0.1, 0.15) is 0 Å². The Balaban J connectivity index is 1.99. The molecule has 1 saturated heterocycles. The minimum Gasteiger partial charge on any atom is -0.311 e. The van der Waals surface area contributed by atoms with Gasteiger partial charge in [0.05, 0.1) is 0 Å². The smallest absolute Gasteiger partial charge is 0.185 e. The van der Waals surface area contributed by atoms with Gasteiger partial charge in [-0.15, -0.1) is 0 Å². The van der Waals surface area contributed by atoms with Crippen molar-refractivity contribution in [1.82, 2.24) is 5.06 Å². The zero-order chi connectivity index (χ0) is 13.3. The number of unbranched alkanes of at least 4 members (excludes halogenated alkanes) is 7. The van der Waals surface area contributed by atoms with Crippen LogP contribution in [0.4, 0.5) is 4.39 Å². The number of hydroxylamine groups is 2. The summed E-state index contributed by atoms with van der Waals surface area (Å²) in [4.78, 5) is 0. The van der Waals surface area contributed by atoms with E-state index < -0.39 is 5.79 Å². The van der Waals surface area contributed by atoms with E-state index in [2.05, 4.69) is 6.92 Å². The average molecular weight is 259 g/mol. The Morgan fingerprint density at radius 1 is 1.00 bits per heavy atom. The van der Waals surface area contributed by atoms with Crippen LogP contribution in [0.25, 0.3) is 0 Å². The van der Waals surface area contributed by atoms with Crippen LogP contribution in [0.1, 0.15) is 84.0 Å². The molecule has 1 atom stereocenters. The third-order valence-corrected chi connectivity index (χ3v) is 4.06. The molecule has 1 aliphatic rings. The summed E-state index contributed by atoms with van der Waals surface area (Å²) in [6.07, 6.45) is 12.6. The molecular weight excluding hydrogens is 229 g/mol. The van der Waals surface area contributed by atoms with E-state index in [0.29, 0.717) is 19.4 Å². The first kappa shape index (κ1) is 15.9. The van der Waals surface area contributed by atoms with Gasteiger partial charge in [-0.1, -0.05) is 51.9 Å². The number of hydrogen-bond acceptors (Lipinski definition) is 2. The zero-order valence-corrected chi connectivity index (χ0v) is 12.0. The maximum absolute atomic E-state index is 14.3. The fraction of sp³-hybridized carbons (Fsp3) is 1.00. The standard InChI is InChI=1S/C15H30FNO/c1-2-3-4-5-6-7-8-9-12-15(16)13-10-11-14-17(15)18/h18H,2-14H2,1H3. The van der Waals surface area contributed by atoms with Gasteiger partial charge in [-0.05, 0) is 32.1 Å². The van der Waals surface area contributed by atoms with Crippen LogP contribution in [0.5, 0.6) is 0 Å². The molecule has 0 spiro atoms. The molecule has 1 fully saturated rings. The minimum absolute atomic E-state index is 0.494. The van der Waals surface area contributed by atoms with E-state index in [9.17, 15) is 9.60 Å². The predicted molar refractivity (Wildman–Crippen MR) is 73.4 cm³/mol. The first-order valence-electron chi connectivity index (χ1n) is 7.84. The van der Waals surface area contributed by atoms with Crippen LogP contribution >= 0.6 is 0 Å². The Kier molecular flexibility index (Phi) is 7.84. The molecule has 0 saturated carbocycles. The van der Waals surface area contributed by atoms with Crippen molar-refractivity contribution in [2.75, 3.05) is 6.54 Å². The summed E-state index contributed by atoms with van der Waals surface area (Å²) in [5.74, 6) is -1.43. The highest BCUT2D eigenvalue weighted by Crippen LogP contribution is 2.33. The van der Waals surface area contributed by atoms with Crippen LogP contribution in [-0.2, 0) is 0 Å². The lowest BCUT2D eigenvalue weighted by Gasteiger charge is -2.36. The monoisotopic (exact) mass is 259 g/mol. The van der Waals surface area contributed by atoms with Gasteiger partial charge < -0.3 is 5.21 Å². The second kappa shape index (κ2) is 8.87. The largest absolute Gasteiger partial charge is 0.311 e. The predicted octanol–water partition coefficient (Wildman–Crippen LogP) is 5.06. The summed E-state index contributed by atoms with van der Waals surface area (Å²) in [5, 5.41) is 10.5. The maximum atomic E-state index is 14.3. The van der Waals surface area contributed by atoms with Crippen LogP contribution in [-0.4, -0.2) is 22.6 Å². The van der Waals surface area contributed by atoms with Crippen molar-refractivity contribution in [3.05, 3.63) is 0 Å². The Bertz CT molecular complexity index is 213.